The van der Waals surface area contributed by atoms with E-state index >= 15 is 0 Å². The summed E-state index contributed by atoms with van der Waals surface area (Å²) in [6, 6.07) is 2.49. The van der Waals surface area contributed by atoms with Crippen molar-refractivity contribution in [3.63, 3.8) is 0 Å². The normalized spacial score (nSPS) is 18.4. The topological polar surface area (TPSA) is 41.1 Å². The van der Waals surface area contributed by atoms with Crippen molar-refractivity contribution in [1.82, 2.24) is 20.2 Å². The molecule has 0 radical (unpaired) electrons. The summed E-state index contributed by atoms with van der Waals surface area (Å²) in [6.45, 7) is 13.1. The van der Waals surface area contributed by atoms with E-state index in [9.17, 15) is 0 Å². The highest BCUT2D eigenvalue weighted by molar-refractivity contribution is 5.15. The Morgan fingerprint density at radius 2 is 1.95 bits per heavy atom. The van der Waals surface area contributed by atoms with Crippen LogP contribution in [0.1, 0.15) is 62.8 Å². The van der Waals surface area contributed by atoms with Gasteiger partial charge in [0.1, 0.15) is 5.82 Å². The van der Waals surface area contributed by atoms with Crippen molar-refractivity contribution in [1.29, 1.82) is 0 Å². The van der Waals surface area contributed by atoms with Crippen LogP contribution in [-0.2, 0) is 0 Å². The van der Waals surface area contributed by atoms with Gasteiger partial charge in [0.2, 0.25) is 0 Å². The number of aryl methyl sites for hydroxylation is 1. The lowest BCUT2D eigenvalue weighted by Gasteiger charge is -2.34. The zero-order valence-electron chi connectivity index (χ0n) is 13.3. The van der Waals surface area contributed by atoms with Gasteiger partial charge in [0.05, 0.1) is 6.04 Å². The van der Waals surface area contributed by atoms with E-state index in [0.29, 0.717) is 12.0 Å². The molecule has 2 rings (SSSR count). The number of hydrogen-bond acceptors (Lipinski definition) is 4. The largest absolute Gasteiger partial charge is 0.314 e. The molecule has 1 N–H and O–H groups in total. The molecule has 0 amide bonds. The lowest BCUT2D eigenvalue weighted by molar-refractivity contribution is 0.157. The van der Waals surface area contributed by atoms with Gasteiger partial charge in [-0.15, -0.1) is 0 Å². The van der Waals surface area contributed by atoms with Gasteiger partial charge >= 0.3 is 0 Å². The molecule has 1 fully saturated rings. The smallest absolute Gasteiger partial charge is 0.145 e. The maximum absolute atomic E-state index is 4.85. The van der Waals surface area contributed by atoms with Gasteiger partial charge in [-0.2, -0.15) is 0 Å². The SMILES string of the molecule is CCCC(c1nc(C)cc(C(C)C)n1)N1CCNCC1. The molecule has 1 unspecified atom stereocenters. The summed E-state index contributed by atoms with van der Waals surface area (Å²) in [5.74, 6) is 1.48. The number of nitrogens with zero attached hydrogens (tertiary/aromatic N) is 3. The van der Waals surface area contributed by atoms with Gasteiger partial charge in [-0.25, -0.2) is 9.97 Å². The maximum Gasteiger partial charge on any atom is 0.145 e. The van der Waals surface area contributed by atoms with Gasteiger partial charge < -0.3 is 5.32 Å². The van der Waals surface area contributed by atoms with Gasteiger partial charge in [-0.05, 0) is 25.3 Å². The highest BCUT2D eigenvalue weighted by Crippen LogP contribution is 2.25. The van der Waals surface area contributed by atoms with Crippen LogP contribution >= 0.6 is 0 Å². The summed E-state index contributed by atoms with van der Waals surface area (Å²) in [7, 11) is 0. The number of hydrogen-bond donors (Lipinski definition) is 1. The van der Waals surface area contributed by atoms with Crippen LogP contribution in [0, 0.1) is 6.92 Å². The van der Waals surface area contributed by atoms with Gasteiger partial charge in [0, 0.05) is 37.6 Å². The van der Waals surface area contributed by atoms with E-state index < -0.39 is 0 Å². The molecule has 0 spiro atoms. The Labute approximate surface area is 123 Å². The summed E-state index contributed by atoms with van der Waals surface area (Å²) < 4.78 is 0. The fourth-order valence-electron chi connectivity index (χ4n) is 2.80. The van der Waals surface area contributed by atoms with Crippen LogP contribution in [-0.4, -0.2) is 41.0 Å². The van der Waals surface area contributed by atoms with Crippen LogP contribution in [0.25, 0.3) is 0 Å². The minimum atomic E-state index is 0.375. The molecule has 112 valence electrons. The van der Waals surface area contributed by atoms with Crippen LogP contribution in [0.2, 0.25) is 0 Å². The van der Waals surface area contributed by atoms with Crippen molar-refractivity contribution < 1.29 is 0 Å². The molecule has 0 bridgehead atoms. The molecule has 20 heavy (non-hydrogen) atoms. The third kappa shape index (κ3) is 3.76. The van der Waals surface area contributed by atoms with Crippen LogP contribution < -0.4 is 5.32 Å². The summed E-state index contributed by atoms with van der Waals surface area (Å²) in [4.78, 5) is 12.1. The van der Waals surface area contributed by atoms with E-state index in [2.05, 4.69) is 44.0 Å². The first kappa shape index (κ1) is 15.4. The van der Waals surface area contributed by atoms with Crippen molar-refractivity contribution in [3.05, 3.63) is 23.3 Å². The van der Waals surface area contributed by atoms with Crippen molar-refractivity contribution in [2.75, 3.05) is 26.2 Å². The van der Waals surface area contributed by atoms with Crippen LogP contribution in [0.3, 0.4) is 0 Å². The van der Waals surface area contributed by atoms with Crippen LogP contribution in [0.15, 0.2) is 6.07 Å². The molecular weight excluding hydrogens is 248 g/mol. The van der Waals surface area contributed by atoms with Crippen molar-refractivity contribution >= 4 is 0 Å². The Bertz CT molecular complexity index is 424. The molecule has 0 aromatic carbocycles. The monoisotopic (exact) mass is 276 g/mol. The van der Waals surface area contributed by atoms with Gasteiger partial charge in [0.15, 0.2) is 0 Å². The minimum absolute atomic E-state index is 0.375. The highest BCUT2D eigenvalue weighted by Gasteiger charge is 2.24. The lowest BCUT2D eigenvalue weighted by Crippen LogP contribution is -2.45. The minimum Gasteiger partial charge on any atom is -0.314 e. The van der Waals surface area contributed by atoms with Crippen LogP contribution in [0.4, 0.5) is 0 Å². The van der Waals surface area contributed by atoms with Crippen LogP contribution in [0.5, 0.6) is 0 Å². The summed E-state index contributed by atoms with van der Waals surface area (Å²) in [6.07, 6.45) is 2.31. The third-order valence-corrected chi connectivity index (χ3v) is 3.94. The van der Waals surface area contributed by atoms with E-state index in [1.165, 1.54) is 12.1 Å². The van der Waals surface area contributed by atoms with E-state index in [-0.39, 0.29) is 0 Å². The zero-order valence-corrected chi connectivity index (χ0v) is 13.3. The average molecular weight is 276 g/mol. The summed E-state index contributed by atoms with van der Waals surface area (Å²) >= 11 is 0. The Morgan fingerprint density at radius 3 is 2.55 bits per heavy atom. The fraction of sp³-hybridized carbons (Fsp3) is 0.750. The summed E-state index contributed by atoms with van der Waals surface area (Å²) in [5, 5.41) is 3.42. The van der Waals surface area contributed by atoms with Gasteiger partial charge in [-0.1, -0.05) is 27.2 Å². The summed E-state index contributed by atoms with van der Waals surface area (Å²) in [5.41, 5.74) is 2.26. The first-order valence-corrected chi connectivity index (χ1v) is 7.92. The molecule has 0 aliphatic carbocycles. The van der Waals surface area contributed by atoms with Gasteiger partial charge in [0.25, 0.3) is 0 Å². The predicted octanol–water partition coefficient (Wildman–Crippen LogP) is 2.65. The molecule has 1 aliphatic rings. The van der Waals surface area contributed by atoms with E-state index in [4.69, 9.17) is 9.97 Å². The Morgan fingerprint density at radius 1 is 1.25 bits per heavy atom. The number of rotatable bonds is 5. The average Bonchev–Trinajstić information content (AvgIpc) is 2.45. The van der Waals surface area contributed by atoms with Crippen molar-refractivity contribution in [2.24, 2.45) is 0 Å². The second-order valence-corrected chi connectivity index (χ2v) is 6.04. The first-order chi connectivity index (χ1) is 9.61. The molecule has 1 saturated heterocycles. The molecule has 4 nitrogen and oxygen atoms in total. The maximum atomic E-state index is 4.85. The Balaban J connectivity index is 2.27. The number of piperazine rings is 1. The predicted molar refractivity (Wildman–Crippen MR) is 82.9 cm³/mol. The second kappa shape index (κ2) is 7.14. The van der Waals surface area contributed by atoms with Crippen molar-refractivity contribution in [3.8, 4) is 0 Å². The quantitative estimate of drug-likeness (QED) is 0.897. The standard InChI is InChI=1S/C16H28N4/c1-5-6-15(20-9-7-17-8-10-20)16-18-13(4)11-14(19-16)12(2)3/h11-12,15,17H,5-10H2,1-4H3. The van der Waals surface area contributed by atoms with E-state index in [1.807, 2.05) is 0 Å². The molecule has 2 heterocycles. The third-order valence-electron chi connectivity index (χ3n) is 3.94. The molecule has 1 atom stereocenters. The zero-order chi connectivity index (χ0) is 14.5. The first-order valence-electron chi connectivity index (χ1n) is 7.92. The highest BCUT2D eigenvalue weighted by atomic mass is 15.2. The van der Waals surface area contributed by atoms with Crippen molar-refractivity contribution in [2.45, 2.75) is 52.5 Å². The van der Waals surface area contributed by atoms with E-state index in [1.54, 1.807) is 0 Å². The molecule has 0 saturated carbocycles. The fourth-order valence-corrected chi connectivity index (χ4v) is 2.80. The number of nitrogens with one attached hydrogen (secondary N) is 1. The molecule has 1 aromatic heterocycles. The lowest BCUT2D eigenvalue weighted by atomic mass is 10.1. The molecule has 1 aliphatic heterocycles. The molecule has 4 heteroatoms. The van der Waals surface area contributed by atoms with E-state index in [0.717, 1.165) is 44.1 Å². The van der Waals surface area contributed by atoms with Gasteiger partial charge in [-0.3, -0.25) is 4.90 Å². The Kier molecular flexibility index (Phi) is 5.49. The second-order valence-electron chi connectivity index (χ2n) is 6.04. The number of aromatic nitrogens is 2. The molecular formula is C16H28N4. The Hall–Kier alpha value is -1.00. The molecule has 1 aromatic rings.